The number of rotatable bonds is 2. The van der Waals surface area contributed by atoms with E-state index in [1.54, 1.807) is 0 Å². The van der Waals surface area contributed by atoms with Gasteiger partial charge in [-0.25, -0.2) is 0 Å². The molecule has 0 heterocycles. The smallest absolute Gasteiger partial charge is 0.00915 e. The van der Waals surface area contributed by atoms with Gasteiger partial charge in [0.2, 0.25) is 0 Å². The highest BCUT2D eigenvalue weighted by Gasteiger charge is 2.31. The zero-order valence-electron chi connectivity index (χ0n) is 6.88. The molecule has 0 aromatic heterocycles. The summed E-state index contributed by atoms with van der Waals surface area (Å²) in [6.45, 7) is 4.35. The third kappa shape index (κ3) is 1.50. The topological polar surface area (TPSA) is 52.0 Å². The highest BCUT2D eigenvalue weighted by Crippen LogP contribution is 2.30. The normalized spacial score (nSPS) is 35.7. The van der Waals surface area contributed by atoms with Gasteiger partial charge in [0.05, 0.1) is 0 Å². The number of hydrogen-bond acceptors (Lipinski definition) is 2. The lowest BCUT2D eigenvalue weighted by atomic mass is 9.73. The summed E-state index contributed by atoms with van der Waals surface area (Å²) in [7, 11) is 0. The van der Waals surface area contributed by atoms with Gasteiger partial charge in [-0.2, -0.15) is 0 Å². The largest absolute Gasteiger partial charge is 0.328 e. The van der Waals surface area contributed by atoms with Gasteiger partial charge in [0.25, 0.3) is 0 Å². The Balaban J connectivity index is 2.24. The maximum absolute atomic E-state index is 5.93. The van der Waals surface area contributed by atoms with Crippen molar-refractivity contribution in [1.82, 2.24) is 0 Å². The fourth-order valence-corrected chi connectivity index (χ4v) is 1.57. The van der Waals surface area contributed by atoms with Crippen LogP contribution in [0.1, 0.15) is 26.7 Å². The molecule has 2 nitrogen and oxygen atoms in total. The molecular weight excluding hydrogens is 124 g/mol. The minimum absolute atomic E-state index is 0.375. The molecule has 0 amide bonds. The van der Waals surface area contributed by atoms with Crippen LogP contribution in [0.2, 0.25) is 0 Å². The van der Waals surface area contributed by atoms with Gasteiger partial charge in [0, 0.05) is 12.1 Å². The Kier molecular flexibility index (Phi) is 2.32. The van der Waals surface area contributed by atoms with Crippen molar-refractivity contribution in [2.75, 3.05) is 0 Å². The highest BCUT2D eigenvalue weighted by atomic mass is 14.7. The molecule has 1 unspecified atom stereocenters. The van der Waals surface area contributed by atoms with Crippen molar-refractivity contribution in [2.24, 2.45) is 23.3 Å². The summed E-state index contributed by atoms with van der Waals surface area (Å²) in [6.07, 6.45) is 2.28. The van der Waals surface area contributed by atoms with Gasteiger partial charge in [0.15, 0.2) is 0 Å². The molecule has 60 valence electrons. The van der Waals surface area contributed by atoms with E-state index in [9.17, 15) is 0 Å². The van der Waals surface area contributed by atoms with Gasteiger partial charge in [-0.05, 0) is 24.7 Å². The van der Waals surface area contributed by atoms with Gasteiger partial charge in [-0.15, -0.1) is 0 Å². The first-order valence-corrected chi connectivity index (χ1v) is 4.12. The van der Waals surface area contributed by atoms with E-state index in [1.165, 1.54) is 0 Å². The summed E-state index contributed by atoms with van der Waals surface area (Å²) in [5.74, 6) is 1.31. The molecule has 1 aliphatic rings. The quantitative estimate of drug-likeness (QED) is 0.596. The Hall–Kier alpha value is -0.0800. The molecule has 2 heteroatoms. The molecule has 0 saturated heterocycles. The average molecular weight is 142 g/mol. The average Bonchev–Trinajstić information content (AvgIpc) is 1.79. The Morgan fingerprint density at radius 2 is 1.80 bits per heavy atom. The maximum atomic E-state index is 5.93. The first-order chi connectivity index (χ1) is 4.61. The Labute approximate surface area is 63.0 Å². The molecule has 0 radical (unpaired) electrons. The molecule has 0 aromatic rings. The molecule has 0 spiro atoms. The van der Waals surface area contributed by atoms with Crippen LogP contribution in [-0.2, 0) is 0 Å². The fraction of sp³-hybridized carbons (Fsp3) is 1.00. The van der Waals surface area contributed by atoms with Gasteiger partial charge < -0.3 is 11.5 Å². The van der Waals surface area contributed by atoms with Gasteiger partial charge in [-0.1, -0.05) is 13.8 Å². The summed E-state index contributed by atoms with van der Waals surface area (Å²) in [5, 5.41) is 0. The van der Waals surface area contributed by atoms with Crippen LogP contribution in [0.25, 0.3) is 0 Å². The van der Waals surface area contributed by atoms with E-state index in [1.807, 2.05) is 0 Å². The van der Waals surface area contributed by atoms with Crippen LogP contribution in [0.15, 0.2) is 0 Å². The molecule has 4 N–H and O–H groups in total. The Morgan fingerprint density at radius 1 is 1.30 bits per heavy atom. The molecule has 1 rings (SSSR count). The van der Waals surface area contributed by atoms with Gasteiger partial charge >= 0.3 is 0 Å². The first kappa shape index (κ1) is 8.02. The molecule has 10 heavy (non-hydrogen) atoms. The lowest BCUT2D eigenvalue weighted by Gasteiger charge is -2.38. The van der Waals surface area contributed by atoms with E-state index in [0.717, 1.165) is 12.8 Å². The maximum Gasteiger partial charge on any atom is 0.00915 e. The summed E-state index contributed by atoms with van der Waals surface area (Å²) in [5.41, 5.74) is 11.6. The SMILES string of the molecule is CC(C)C(N)C1CC(N)C1. The van der Waals surface area contributed by atoms with Crippen molar-refractivity contribution < 1.29 is 0 Å². The second-order valence-corrected chi connectivity index (χ2v) is 3.81. The van der Waals surface area contributed by atoms with Crippen LogP contribution in [0.4, 0.5) is 0 Å². The molecular formula is C8H18N2. The number of hydrogen-bond donors (Lipinski definition) is 2. The van der Waals surface area contributed by atoms with Gasteiger partial charge in [0.1, 0.15) is 0 Å². The van der Waals surface area contributed by atoms with E-state index < -0.39 is 0 Å². The van der Waals surface area contributed by atoms with E-state index in [0.29, 0.717) is 23.9 Å². The predicted octanol–water partition coefficient (Wildman–Crippen LogP) is 0.707. The standard InChI is InChI=1S/C8H18N2/c1-5(2)8(10)6-3-7(9)4-6/h5-8H,3-4,9-10H2,1-2H3. The first-order valence-electron chi connectivity index (χ1n) is 4.12. The van der Waals surface area contributed by atoms with Crippen molar-refractivity contribution in [3.8, 4) is 0 Å². The zero-order valence-corrected chi connectivity index (χ0v) is 6.88. The Morgan fingerprint density at radius 3 is 2.10 bits per heavy atom. The van der Waals surface area contributed by atoms with Crippen molar-refractivity contribution in [3.63, 3.8) is 0 Å². The Bertz CT molecular complexity index is 106. The second-order valence-electron chi connectivity index (χ2n) is 3.81. The highest BCUT2D eigenvalue weighted by molar-refractivity contribution is 4.89. The van der Waals surface area contributed by atoms with Gasteiger partial charge in [-0.3, -0.25) is 0 Å². The minimum atomic E-state index is 0.375. The van der Waals surface area contributed by atoms with E-state index in [4.69, 9.17) is 11.5 Å². The fourth-order valence-electron chi connectivity index (χ4n) is 1.57. The molecule has 1 atom stereocenters. The van der Waals surface area contributed by atoms with E-state index in [2.05, 4.69) is 13.8 Å². The summed E-state index contributed by atoms with van der Waals surface area (Å²) in [6, 6.07) is 0.814. The van der Waals surface area contributed by atoms with E-state index >= 15 is 0 Å². The summed E-state index contributed by atoms with van der Waals surface area (Å²) < 4.78 is 0. The van der Waals surface area contributed by atoms with Crippen molar-refractivity contribution >= 4 is 0 Å². The third-order valence-corrected chi connectivity index (χ3v) is 2.53. The van der Waals surface area contributed by atoms with Crippen LogP contribution in [-0.4, -0.2) is 12.1 Å². The van der Waals surface area contributed by atoms with Crippen LogP contribution in [0, 0.1) is 11.8 Å². The van der Waals surface area contributed by atoms with Crippen LogP contribution in [0.5, 0.6) is 0 Å². The van der Waals surface area contributed by atoms with E-state index in [-0.39, 0.29) is 0 Å². The second kappa shape index (κ2) is 2.89. The number of nitrogens with two attached hydrogens (primary N) is 2. The molecule has 0 bridgehead atoms. The molecule has 1 saturated carbocycles. The van der Waals surface area contributed by atoms with Crippen LogP contribution in [0.3, 0.4) is 0 Å². The summed E-state index contributed by atoms with van der Waals surface area (Å²) in [4.78, 5) is 0. The van der Waals surface area contributed by atoms with Crippen LogP contribution >= 0.6 is 0 Å². The molecule has 0 aromatic carbocycles. The predicted molar refractivity (Wildman–Crippen MR) is 43.5 cm³/mol. The van der Waals surface area contributed by atoms with Crippen LogP contribution < -0.4 is 11.5 Å². The van der Waals surface area contributed by atoms with Crippen molar-refractivity contribution in [1.29, 1.82) is 0 Å². The van der Waals surface area contributed by atoms with Crippen molar-refractivity contribution in [3.05, 3.63) is 0 Å². The molecule has 0 aliphatic heterocycles. The molecule has 1 fully saturated rings. The monoisotopic (exact) mass is 142 g/mol. The zero-order chi connectivity index (χ0) is 7.72. The lowest BCUT2D eigenvalue weighted by Crippen LogP contribution is -2.47. The molecule has 1 aliphatic carbocycles. The lowest BCUT2D eigenvalue weighted by molar-refractivity contribution is 0.192. The minimum Gasteiger partial charge on any atom is -0.328 e. The van der Waals surface area contributed by atoms with Crippen molar-refractivity contribution in [2.45, 2.75) is 38.8 Å². The third-order valence-electron chi connectivity index (χ3n) is 2.53. The summed E-state index contributed by atoms with van der Waals surface area (Å²) >= 11 is 0.